The standard InChI is InChI=1S/C20H30N2O2/c1-20(2,3)17-8-6-16(7-9-17)18-5-4-11-22(18)19(23)21-13-15-10-12-24-14-15/h6-9,15,18H,4-5,10-14H2,1-3H3,(H,21,23)/t15-,18+/m1/s1. The second-order valence-electron chi connectivity index (χ2n) is 8.14. The van der Waals surface area contributed by atoms with Gasteiger partial charge in [-0.3, -0.25) is 0 Å². The summed E-state index contributed by atoms with van der Waals surface area (Å²) in [7, 11) is 0. The molecule has 4 nitrogen and oxygen atoms in total. The molecule has 0 aliphatic carbocycles. The molecule has 3 rings (SSSR count). The third-order valence-corrected chi connectivity index (χ3v) is 5.24. The molecule has 1 aromatic carbocycles. The summed E-state index contributed by atoms with van der Waals surface area (Å²) in [6.07, 6.45) is 3.18. The average molecular weight is 330 g/mol. The van der Waals surface area contributed by atoms with Crippen molar-refractivity contribution < 1.29 is 9.53 Å². The van der Waals surface area contributed by atoms with Crippen molar-refractivity contribution in [2.24, 2.45) is 5.92 Å². The van der Waals surface area contributed by atoms with Crippen LogP contribution >= 0.6 is 0 Å². The summed E-state index contributed by atoms with van der Waals surface area (Å²) in [6.45, 7) is 9.85. The Morgan fingerprint density at radius 1 is 1.25 bits per heavy atom. The van der Waals surface area contributed by atoms with Gasteiger partial charge in [-0.05, 0) is 35.8 Å². The van der Waals surface area contributed by atoms with Crippen LogP contribution in [0, 0.1) is 5.92 Å². The van der Waals surface area contributed by atoms with Gasteiger partial charge in [-0.1, -0.05) is 45.0 Å². The van der Waals surface area contributed by atoms with Crippen LogP contribution in [0.25, 0.3) is 0 Å². The van der Waals surface area contributed by atoms with Crippen molar-refractivity contribution in [3.63, 3.8) is 0 Å². The van der Waals surface area contributed by atoms with Crippen LogP contribution in [0.1, 0.15) is 57.2 Å². The van der Waals surface area contributed by atoms with Crippen LogP contribution in [-0.2, 0) is 10.2 Å². The van der Waals surface area contributed by atoms with Gasteiger partial charge < -0.3 is 15.0 Å². The third-order valence-electron chi connectivity index (χ3n) is 5.24. The molecule has 2 aliphatic rings. The Morgan fingerprint density at radius 3 is 2.62 bits per heavy atom. The van der Waals surface area contributed by atoms with Crippen LogP contribution in [0.15, 0.2) is 24.3 Å². The van der Waals surface area contributed by atoms with Crippen LogP contribution in [-0.4, -0.2) is 37.2 Å². The number of benzene rings is 1. The molecule has 2 heterocycles. The number of hydrogen-bond donors (Lipinski definition) is 1. The summed E-state index contributed by atoms with van der Waals surface area (Å²) >= 11 is 0. The van der Waals surface area contributed by atoms with Gasteiger partial charge in [0.25, 0.3) is 0 Å². The van der Waals surface area contributed by atoms with E-state index in [4.69, 9.17) is 4.74 Å². The van der Waals surface area contributed by atoms with Crippen molar-refractivity contribution in [1.82, 2.24) is 10.2 Å². The minimum atomic E-state index is 0.0734. The molecular formula is C20H30N2O2. The van der Waals surface area contributed by atoms with Crippen molar-refractivity contribution >= 4 is 6.03 Å². The molecule has 2 fully saturated rings. The van der Waals surface area contributed by atoms with Gasteiger partial charge in [0.2, 0.25) is 0 Å². The lowest BCUT2D eigenvalue weighted by Gasteiger charge is -2.27. The Kier molecular flexibility index (Phi) is 5.14. The molecule has 2 saturated heterocycles. The minimum Gasteiger partial charge on any atom is -0.381 e. The van der Waals surface area contributed by atoms with E-state index >= 15 is 0 Å². The summed E-state index contributed by atoms with van der Waals surface area (Å²) in [5.41, 5.74) is 2.75. The molecule has 0 unspecified atom stereocenters. The maximum atomic E-state index is 12.6. The van der Waals surface area contributed by atoms with Gasteiger partial charge in [0.05, 0.1) is 12.6 Å². The molecule has 1 aromatic rings. The van der Waals surface area contributed by atoms with Crippen molar-refractivity contribution in [2.75, 3.05) is 26.3 Å². The van der Waals surface area contributed by atoms with E-state index in [1.807, 2.05) is 4.90 Å². The van der Waals surface area contributed by atoms with Crippen molar-refractivity contribution in [3.05, 3.63) is 35.4 Å². The van der Waals surface area contributed by atoms with E-state index in [0.717, 1.165) is 45.6 Å². The average Bonchev–Trinajstić information content (AvgIpc) is 3.23. The summed E-state index contributed by atoms with van der Waals surface area (Å²) in [5, 5.41) is 3.11. The fourth-order valence-electron chi connectivity index (χ4n) is 3.64. The topological polar surface area (TPSA) is 41.6 Å². The predicted molar refractivity (Wildman–Crippen MR) is 96.1 cm³/mol. The number of amides is 2. The van der Waals surface area contributed by atoms with E-state index < -0.39 is 0 Å². The van der Waals surface area contributed by atoms with Crippen molar-refractivity contribution in [1.29, 1.82) is 0 Å². The number of ether oxygens (including phenoxy) is 1. The molecular weight excluding hydrogens is 300 g/mol. The summed E-state index contributed by atoms with van der Waals surface area (Å²) in [4.78, 5) is 14.6. The number of hydrogen-bond acceptors (Lipinski definition) is 2. The van der Waals surface area contributed by atoms with Gasteiger partial charge >= 0.3 is 6.03 Å². The quantitative estimate of drug-likeness (QED) is 0.914. The smallest absolute Gasteiger partial charge is 0.317 e. The molecule has 2 amide bonds. The molecule has 0 radical (unpaired) electrons. The van der Waals surface area contributed by atoms with Gasteiger partial charge in [0.1, 0.15) is 0 Å². The van der Waals surface area contributed by atoms with Crippen LogP contribution in [0.5, 0.6) is 0 Å². The van der Waals surface area contributed by atoms with Crippen LogP contribution in [0.2, 0.25) is 0 Å². The molecule has 2 aliphatic heterocycles. The fraction of sp³-hybridized carbons (Fsp3) is 0.650. The highest BCUT2D eigenvalue weighted by atomic mass is 16.5. The highest BCUT2D eigenvalue weighted by Gasteiger charge is 2.30. The van der Waals surface area contributed by atoms with Crippen LogP contribution < -0.4 is 5.32 Å². The molecule has 24 heavy (non-hydrogen) atoms. The van der Waals surface area contributed by atoms with Crippen LogP contribution in [0.3, 0.4) is 0 Å². The molecule has 4 heteroatoms. The third kappa shape index (κ3) is 3.92. The minimum absolute atomic E-state index is 0.0734. The Balaban J connectivity index is 1.62. The number of nitrogens with zero attached hydrogens (tertiary/aromatic N) is 1. The number of rotatable bonds is 3. The van der Waals surface area contributed by atoms with E-state index in [1.54, 1.807) is 0 Å². The van der Waals surface area contributed by atoms with E-state index in [-0.39, 0.29) is 17.5 Å². The number of carbonyl (C=O) groups is 1. The van der Waals surface area contributed by atoms with Crippen LogP contribution in [0.4, 0.5) is 4.79 Å². The molecule has 0 saturated carbocycles. The fourth-order valence-corrected chi connectivity index (χ4v) is 3.64. The zero-order valence-electron chi connectivity index (χ0n) is 15.2. The lowest BCUT2D eigenvalue weighted by molar-refractivity contribution is 0.179. The van der Waals surface area contributed by atoms with Crippen molar-refractivity contribution in [3.8, 4) is 0 Å². The monoisotopic (exact) mass is 330 g/mol. The molecule has 0 bridgehead atoms. The highest BCUT2D eigenvalue weighted by Crippen LogP contribution is 2.33. The zero-order valence-corrected chi connectivity index (χ0v) is 15.2. The number of likely N-dealkylation sites (tertiary alicyclic amines) is 1. The summed E-state index contributed by atoms with van der Waals surface area (Å²) in [6, 6.07) is 9.09. The molecule has 132 valence electrons. The van der Waals surface area contributed by atoms with E-state index in [9.17, 15) is 4.79 Å². The number of urea groups is 1. The lowest BCUT2D eigenvalue weighted by atomic mass is 9.86. The largest absolute Gasteiger partial charge is 0.381 e. The Hall–Kier alpha value is -1.55. The SMILES string of the molecule is CC(C)(C)c1ccc([C@@H]2CCCN2C(=O)NC[C@H]2CCOC2)cc1. The second kappa shape index (κ2) is 7.14. The molecule has 0 aromatic heterocycles. The van der Waals surface area contributed by atoms with Crippen molar-refractivity contribution in [2.45, 2.75) is 51.5 Å². The van der Waals surface area contributed by atoms with E-state index in [2.05, 4.69) is 50.4 Å². The van der Waals surface area contributed by atoms with Gasteiger partial charge in [-0.2, -0.15) is 0 Å². The highest BCUT2D eigenvalue weighted by molar-refractivity contribution is 5.75. The maximum absolute atomic E-state index is 12.6. The normalized spacial score (nSPS) is 24.4. The first-order valence-electron chi connectivity index (χ1n) is 9.18. The Bertz CT molecular complexity index is 556. The predicted octanol–water partition coefficient (Wildman–Crippen LogP) is 3.87. The maximum Gasteiger partial charge on any atom is 0.317 e. The van der Waals surface area contributed by atoms with E-state index in [1.165, 1.54) is 11.1 Å². The van der Waals surface area contributed by atoms with Gasteiger partial charge in [0, 0.05) is 25.6 Å². The van der Waals surface area contributed by atoms with Gasteiger partial charge in [-0.15, -0.1) is 0 Å². The number of carbonyl (C=O) groups excluding carboxylic acids is 1. The van der Waals surface area contributed by atoms with E-state index in [0.29, 0.717) is 5.92 Å². The first kappa shape index (κ1) is 17.3. The summed E-state index contributed by atoms with van der Waals surface area (Å²) in [5.74, 6) is 0.473. The lowest BCUT2D eigenvalue weighted by Crippen LogP contribution is -2.41. The van der Waals surface area contributed by atoms with Gasteiger partial charge in [-0.25, -0.2) is 4.79 Å². The van der Waals surface area contributed by atoms with Gasteiger partial charge in [0.15, 0.2) is 0 Å². The second-order valence-corrected chi connectivity index (χ2v) is 8.14. The molecule has 0 spiro atoms. The summed E-state index contributed by atoms with van der Waals surface area (Å²) < 4.78 is 5.38. The first-order valence-corrected chi connectivity index (χ1v) is 9.18. The molecule has 1 N–H and O–H groups in total. The molecule has 2 atom stereocenters. The Labute approximate surface area is 145 Å². The Morgan fingerprint density at radius 2 is 2.00 bits per heavy atom. The zero-order chi connectivity index (χ0) is 17.2. The number of nitrogens with one attached hydrogen (secondary N) is 1. The first-order chi connectivity index (χ1) is 11.4.